The molecule has 0 spiro atoms. The largest absolute Gasteiger partial charge is 0.455 e. The molecule has 1 amide bonds. The van der Waals surface area contributed by atoms with Gasteiger partial charge >= 0.3 is 0 Å². The molecule has 56 heavy (non-hydrogen) atoms. The van der Waals surface area contributed by atoms with Crippen LogP contribution in [0.15, 0.2) is 82.6 Å². The maximum atomic E-state index is 13.7. The highest BCUT2D eigenvalue weighted by molar-refractivity contribution is 7.90. The van der Waals surface area contributed by atoms with Crippen molar-refractivity contribution in [2.75, 3.05) is 61.9 Å². The number of benzene rings is 3. The zero-order chi connectivity index (χ0) is 39.2. The average Bonchev–Trinajstić information content (AvgIpc) is 3.20. The molecule has 1 aromatic heterocycles. The van der Waals surface area contributed by atoms with Crippen molar-refractivity contribution >= 4 is 44.6 Å². The molecule has 3 saturated heterocycles. The maximum Gasteiger partial charge on any atom is 0.270 e. The summed E-state index contributed by atoms with van der Waals surface area (Å²) in [6, 6.07) is 19.3. The van der Waals surface area contributed by atoms with Gasteiger partial charge in [-0.3, -0.25) is 14.5 Å². The number of aromatic nitrogens is 2. The van der Waals surface area contributed by atoms with Gasteiger partial charge in [0.1, 0.15) is 5.75 Å². The molecule has 15 heteroatoms. The number of sulfonamides is 1. The molecule has 3 aliphatic rings. The van der Waals surface area contributed by atoms with E-state index in [-0.39, 0.29) is 27.6 Å². The summed E-state index contributed by atoms with van der Waals surface area (Å²) in [4.78, 5) is 30.9. The second kappa shape index (κ2) is 17.7. The molecular weight excluding hydrogens is 754 g/mol. The first kappa shape index (κ1) is 39.6. The molecule has 1 unspecified atom stereocenters. The van der Waals surface area contributed by atoms with Crippen LogP contribution in [0.1, 0.15) is 66.9 Å². The normalized spacial score (nSPS) is 18.8. The fraction of sp³-hybridized carbons (Fsp3) is 0.439. The lowest BCUT2D eigenvalue weighted by molar-refractivity contribution is 0.0699. The van der Waals surface area contributed by atoms with Crippen LogP contribution in [0.5, 0.6) is 11.5 Å². The Morgan fingerprint density at radius 3 is 2.45 bits per heavy atom. The number of ether oxygens (including phenoxy) is 2. The Morgan fingerprint density at radius 1 is 0.946 bits per heavy atom. The zero-order valence-electron chi connectivity index (χ0n) is 31.7. The van der Waals surface area contributed by atoms with E-state index in [0.29, 0.717) is 30.1 Å². The van der Waals surface area contributed by atoms with E-state index in [2.05, 4.69) is 37.1 Å². The highest BCUT2D eigenvalue weighted by atomic mass is 35.5. The number of nitrogens with zero attached hydrogens (tertiary/aromatic N) is 4. The third kappa shape index (κ3) is 9.66. The molecule has 13 nitrogen and oxygen atoms in total. The summed E-state index contributed by atoms with van der Waals surface area (Å²) in [6.07, 6.45) is 8.80. The lowest BCUT2D eigenvalue weighted by Crippen LogP contribution is -2.41. The van der Waals surface area contributed by atoms with Gasteiger partial charge in [0.05, 0.1) is 28.0 Å². The van der Waals surface area contributed by atoms with Gasteiger partial charge < -0.3 is 25.4 Å². The fourth-order valence-corrected chi connectivity index (χ4v) is 9.03. The molecule has 7 rings (SSSR count). The van der Waals surface area contributed by atoms with Gasteiger partial charge in [0, 0.05) is 75.3 Å². The third-order valence-corrected chi connectivity index (χ3v) is 12.8. The number of carbonyl (C=O) groups is 1. The van der Waals surface area contributed by atoms with Crippen molar-refractivity contribution in [1.29, 1.82) is 0 Å². The van der Waals surface area contributed by atoms with Crippen molar-refractivity contribution < 1.29 is 22.7 Å². The molecule has 298 valence electrons. The van der Waals surface area contributed by atoms with Crippen LogP contribution in [-0.4, -0.2) is 74.9 Å². The van der Waals surface area contributed by atoms with E-state index in [1.54, 1.807) is 24.3 Å². The van der Waals surface area contributed by atoms with Gasteiger partial charge in [0.25, 0.3) is 21.5 Å². The first-order chi connectivity index (χ1) is 27.0. The molecule has 3 aromatic carbocycles. The minimum Gasteiger partial charge on any atom is -0.455 e. The summed E-state index contributed by atoms with van der Waals surface area (Å²) < 4.78 is 41.9. The summed E-state index contributed by atoms with van der Waals surface area (Å²) in [6.45, 7) is 5.86. The molecule has 0 bridgehead atoms. The number of likely N-dealkylation sites (tertiary alicyclic amines) is 1. The Labute approximate surface area is 333 Å². The number of aryl methyl sites for hydroxylation is 1. The Bertz CT molecular complexity index is 2170. The van der Waals surface area contributed by atoms with E-state index >= 15 is 0 Å². The number of carbonyl (C=O) groups excluding carboxylic acids is 1. The molecule has 4 N–H and O–H groups in total. The van der Waals surface area contributed by atoms with Gasteiger partial charge in [-0.05, 0) is 105 Å². The van der Waals surface area contributed by atoms with Crippen molar-refractivity contribution in [3.8, 4) is 11.5 Å². The molecule has 3 aliphatic heterocycles. The first-order valence-electron chi connectivity index (χ1n) is 19.4. The monoisotopic (exact) mass is 803 g/mol. The molecule has 4 aromatic rings. The number of halogens is 1. The van der Waals surface area contributed by atoms with Crippen LogP contribution in [0.2, 0.25) is 5.02 Å². The molecule has 0 aliphatic carbocycles. The van der Waals surface area contributed by atoms with Crippen molar-refractivity contribution in [3.63, 3.8) is 0 Å². The Morgan fingerprint density at radius 2 is 1.71 bits per heavy atom. The Balaban J connectivity index is 1.04. The second-order valence-corrected chi connectivity index (χ2v) is 17.2. The smallest absolute Gasteiger partial charge is 0.270 e. The number of nitrogens with two attached hydrogens (primary N) is 1. The minimum atomic E-state index is -4.32. The van der Waals surface area contributed by atoms with Crippen molar-refractivity contribution in [2.24, 2.45) is 18.9 Å². The molecule has 4 heterocycles. The van der Waals surface area contributed by atoms with Crippen LogP contribution < -0.4 is 31.0 Å². The number of piperidine rings is 2. The lowest BCUT2D eigenvalue weighted by atomic mass is 9.91. The predicted octanol–water partition coefficient (Wildman–Crippen LogP) is 6.21. The first-order valence-corrected chi connectivity index (χ1v) is 21.3. The van der Waals surface area contributed by atoms with Crippen molar-refractivity contribution in [3.05, 3.63) is 99.4 Å². The van der Waals surface area contributed by atoms with Crippen LogP contribution in [0.3, 0.4) is 0 Å². The van der Waals surface area contributed by atoms with E-state index in [9.17, 15) is 18.0 Å². The maximum absolute atomic E-state index is 13.7. The Hall–Kier alpha value is -4.63. The van der Waals surface area contributed by atoms with E-state index in [1.807, 2.05) is 12.1 Å². The van der Waals surface area contributed by atoms with Crippen LogP contribution in [0.4, 0.5) is 17.1 Å². The quantitative estimate of drug-likeness (QED) is 0.140. The molecule has 0 saturated carbocycles. The van der Waals surface area contributed by atoms with Gasteiger partial charge in [-0.1, -0.05) is 30.2 Å². The topological polar surface area (TPSA) is 161 Å². The molecular formula is C41H50ClN7O6S. The van der Waals surface area contributed by atoms with Gasteiger partial charge in [-0.2, -0.15) is 5.10 Å². The highest BCUT2D eigenvalue weighted by Crippen LogP contribution is 2.36. The Kier molecular flexibility index (Phi) is 12.5. The van der Waals surface area contributed by atoms with Crippen molar-refractivity contribution in [1.82, 2.24) is 19.4 Å². The van der Waals surface area contributed by atoms with Gasteiger partial charge in [-0.15, -0.1) is 0 Å². The minimum absolute atomic E-state index is 0.0195. The number of nitrogens with one attached hydrogen (secondary N) is 2. The number of hydrogen-bond acceptors (Lipinski definition) is 11. The second-order valence-electron chi connectivity index (χ2n) is 15.0. The van der Waals surface area contributed by atoms with Crippen LogP contribution >= 0.6 is 11.6 Å². The zero-order valence-corrected chi connectivity index (χ0v) is 33.2. The van der Waals surface area contributed by atoms with Crippen LogP contribution in [0.25, 0.3) is 0 Å². The molecule has 3 fully saturated rings. The number of hydrogen-bond donors (Lipinski definition) is 3. The number of amides is 1. The fourth-order valence-electron chi connectivity index (χ4n) is 7.90. The highest BCUT2D eigenvalue weighted by Gasteiger charge is 2.29. The summed E-state index contributed by atoms with van der Waals surface area (Å²) >= 11 is 6.18. The average molecular weight is 804 g/mol. The lowest BCUT2D eigenvalue weighted by Gasteiger charge is -2.41. The van der Waals surface area contributed by atoms with E-state index in [1.165, 1.54) is 49.8 Å². The number of nitrogen functional groups attached to an aromatic ring is 1. The van der Waals surface area contributed by atoms with Crippen molar-refractivity contribution in [2.45, 2.75) is 55.9 Å². The van der Waals surface area contributed by atoms with Gasteiger partial charge in [0.2, 0.25) is 0 Å². The van der Waals surface area contributed by atoms with E-state index < -0.39 is 21.5 Å². The summed E-state index contributed by atoms with van der Waals surface area (Å²) in [5.41, 5.74) is 8.85. The van der Waals surface area contributed by atoms with Gasteiger partial charge in [0.15, 0.2) is 5.75 Å². The molecule has 1 atom stereocenters. The van der Waals surface area contributed by atoms with E-state index in [4.69, 9.17) is 26.8 Å². The predicted molar refractivity (Wildman–Crippen MR) is 218 cm³/mol. The van der Waals surface area contributed by atoms with Crippen LogP contribution in [-0.2, 0) is 21.8 Å². The SMILES string of the molecule is Cn1ncc(Oc2cc(N3CCC(CN4CCCCC4c4ccc(Cl)cc4)CC3)ccc2C(=O)NS(=O)(=O)c2ccc(NCC3CCOCC3)c(N)c2)cc1=O. The summed E-state index contributed by atoms with van der Waals surface area (Å²) in [5, 5.41) is 8.10. The summed E-state index contributed by atoms with van der Waals surface area (Å²) in [7, 11) is -2.80. The molecule has 0 radical (unpaired) electrons. The number of anilines is 3. The van der Waals surface area contributed by atoms with E-state index in [0.717, 1.165) is 86.9 Å². The standard InChI is InChI=1S/C41H50ClN7O6S/c1-47-40(50)23-33(26-45-47)55-39-22-32(48-18-13-29(14-19-48)27-49-17-3-2-4-38(49)30-5-7-31(42)8-6-30)9-11-35(39)41(51)46-56(52,53)34-10-12-37(36(43)24-34)44-25-28-15-20-54-21-16-28/h5-12,22-24,26,28-29,38,44H,2-4,13-21,25,27,43H2,1H3,(H,46,51). The third-order valence-electron chi connectivity index (χ3n) is 11.2. The van der Waals surface area contributed by atoms with Gasteiger partial charge in [-0.25, -0.2) is 17.8 Å². The van der Waals surface area contributed by atoms with Crippen LogP contribution in [0, 0.1) is 11.8 Å². The number of rotatable bonds is 12. The summed E-state index contributed by atoms with van der Waals surface area (Å²) in [5.74, 6) is 0.295.